The van der Waals surface area contributed by atoms with Crippen LogP contribution in [0, 0.1) is 0 Å². The number of halogens is 1. The van der Waals surface area contributed by atoms with Crippen LogP contribution in [-0.2, 0) is 9.53 Å². The maximum Gasteiger partial charge on any atom is 0.347 e. The Hall–Kier alpha value is -1.14. The number of hydrogen-bond donors (Lipinski definition) is 1. The lowest BCUT2D eigenvalue weighted by Gasteiger charge is -2.13. The SMILES string of the molecule is COCC(Oc1cncc(Br)c1)C(=O)O. The van der Waals surface area contributed by atoms with Crippen LogP contribution in [0.2, 0.25) is 0 Å². The molecule has 6 heteroatoms. The Morgan fingerprint density at radius 1 is 1.67 bits per heavy atom. The van der Waals surface area contributed by atoms with Gasteiger partial charge in [-0.25, -0.2) is 4.79 Å². The Morgan fingerprint density at radius 2 is 2.40 bits per heavy atom. The number of hydrogen-bond acceptors (Lipinski definition) is 4. The average molecular weight is 276 g/mol. The molecule has 15 heavy (non-hydrogen) atoms. The van der Waals surface area contributed by atoms with E-state index in [1.165, 1.54) is 13.3 Å². The van der Waals surface area contributed by atoms with Gasteiger partial charge in [0.2, 0.25) is 6.10 Å². The zero-order valence-electron chi connectivity index (χ0n) is 8.01. The van der Waals surface area contributed by atoms with Crippen molar-refractivity contribution in [2.24, 2.45) is 0 Å². The maximum absolute atomic E-state index is 10.7. The summed E-state index contributed by atoms with van der Waals surface area (Å²) in [6.45, 7) is -0.0121. The Labute approximate surface area is 95.2 Å². The highest BCUT2D eigenvalue weighted by atomic mass is 79.9. The number of carboxylic acids is 1. The summed E-state index contributed by atoms with van der Waals surface area (Å²) in [4.78, 5) is 14.6. The van der Waals surface area contributed by atoms with E-state index in [1.807, 2.05) is 0 Å². The second-order valence-corrected chi connectivity index (χ2v) is 3.65. The molecule has 5 nitrogen and oxygen atoms in total. The number of pyridine rings is 1. The number of ether oxygens (including phenoxy) is 2. The van der Waals surface area contributed by atoms with E-state index in [4.69, 9.17) is 14.6 Å². The summed E-state index contributed by atoms with van der Waals surface area (Å²) in [6.07, 6.45) is 2.00. The Bertz CT molecular complexity index is 345. The fourth-order valence-corrected chi connectivity index (χ4v) is 1.27. The normalized spacial score (nSPS) is 12.1. The third kappa shape index (κ3) is 3.85. The van der Waals surface area contributed by atoms with Crippen molar-refractivity contribution in [1.82, 2.24) is 4.98 Å². The molecule has 0 radical (unpaired) electrons. The summed E-state index contributed by atoms with van der Waals surface area (Å²) < 4.78 is 10.6. The molecule has 0 fully saturated rings. The van der Waals surface area contributed by atoms with Crippen molar-refractivity contribution in [2.45, 2.75) is 6.10 Å². The van der Waals surface area contributed by atoms with Crippen LogP contribution in [0.4, 0.5) is 0 Å². The van der Waals surface area contributed by atoms with Crippen LogP contribution in [0.25, 0.3) is 0 Å². The van der Waals surface area contributed by atoms with E-state index in [9.17, 15) is 4.79 Å². The van der Waals surface area contributed by atoms with Gasteiger partial charge in [0.15, 0.2) is 0 Å². The molecule has 0 saturated heterocycles. The first kappa shape index (κ1) is 11.9. The van der Waals surface area contributed by atoms with Crippen molar-refractivity contribution in [1.29, 1.82) is 0 Å². The highest BCUT2D eigenvalue weighted by Crippen LogP contribution is 2.17. The molecule has 1 heterocycles. The molecule has 0 aliphatic carbocycles. The smallest absolute Gasteiger partial charge is 0.347 e. The van der Waals surface area contributed by atoms with Crippen LogP contribution in [0.15, 0.2) is 22.9 Å². The minimum absolute atomic E-state index is 0.0121. The number of aromatic nitrogens is 1. The zero-order valence-corrected chi connectivity index (χ0v) is 9.60. The summed E-state index contributed by atoms with van der Waals surface area (Å²) in [5.74, 6) is -0.689. The van der Waals surface area contributed by atoms with Gasteiger partial charge in [0.1, 0.15) is 5.75 Å². The molecule has 1 atom stereocenters. The molecule has 0 aromatic carbocycles. The number of carbonyl (C=O) groups is 1. The largest absolute Gasteiger partial charge is 0.478 e. The quantitative estimate of drug-likeness (QED) is 0.878. The number of methoxy groups -OCH3 is 1. The minimum atomic E-state index is -1.07. The molecule has 0 bridgehead atoms. The fourth-order valence-electron chi connectivity index (χ4n) is 0.928. The Morgan fingerprint density at radius 3 is 2.93 bits per heavy atom. The van der Waals surface area contributed by atoms with Crippen molar-refractivity contribution in [3.8, 4) is 5.75 Å². The first-order chi connectivity index (χ1) is 7.13. The molecular weight excluding hydrogens is 266 g/mol. The molecule has 0 aliphatic heterocycles. The topological polar surface area (TPSA) is 68.7 Å². The van der Waals surface area contributed by atoms with Gasteiger partial charge in [-0.05, 0) is 22.0 Å². The molecule has 82 valence electrons. The number of carboxylic acid groups (broad SMARTS) is 1. The van der Waals surface area contributed by atoms with Crippen molar-refractivity contribution >= 4 is 21.9 Å². The van der Waals surface area contributed by atoms with Gasteiger partial charge in [-0.2, -0.15) is 0 Å². The van der Waals surface area contributed by atoms with Crippen LogP contribution < -0.4 is 4.74 Å². The van der Waals surface area contributed by atoms with Crippen LogP contribution in [-0.4, -0.2) is 35.9 Å². The summed E-state index contributed by atoms with van der Waals surface area (Å²) in [6, 6.07) is 1.64. The second kappa shape index (κ2) is 5.67. The van der Waals surface area contributed by atoms with Gasteiger partial charge in [0, 0.05) is 17.8 Å². The minimum Gasteiger partial charge on any atom is -0.478 e. The standard InChI is InChI=1S/C9H10BrNO4/c1-14-5-8(9(12)13)15-7-2-6(10)3-11-4-7/h2-4,8H,5H2,1H3,(H,12,13). The molecule has 1 aromatic heterocycles. The van der Waals surface area contributed by atoms with Gasteiger partial charge in [-0.1, -0.05) is 0 Å². The summed E-state index contributed by atoms with van der Waals surface area (Å²) >= 11 is 3.21. The van der Waals surface area contributed by atoms with Crippen LogP contribution >= 0.6 is 15.9 Å². The highest BCUT2D eigenvalue weighted by Gasteiger charge is 2.19. The van der Waals surface area contributed by atoms with Crippen molar-refractivity contribution < 1.29 is 19.4 Å². The Kier molecular flexibility index (Phi) is 4.51. The van der Waals surface area contributed by atoms with E-state index in [2.05, 4.69) is 20.9 Å². The third-order valence-electron chi connectivity index (χ3n) is 1.55. The van der Waals surface area contributed by atoms with E-state index in [0.717, 1.165) is 4.47 Å². The lowest BCUT2D eigenvalue weighted by Crippen LogP contribution is -2.31. The van der Waals surface area contributed by atoms with E-state index < -0.39 is 12.1 Å². The first-order valence-electron chi connectivity index (χ1n) is 4.12. The van der Waals surface area contributed by atoms with Crippen LogP contribution in [0.5, 0.6) is 5.75 Å². The van der Waals surface area contributed by atoms with E-state index in [-0.39, 0.29) is 6.61 Å². The van der Waals surface area contributed by atoms with Gasteiger partial charge in [-0.15, -0.1) is 0 Å². The number of rotatable bonds is 5. The molecule has 1 rings (SSSR count). The molecule has 0 amide bonds. The summed E-state index contributed by atoms with van der Waals surface area (Å²) in [7, 11) is 1.42. The average Bonchev–Trinajstić information content (AvgIpc) is 2.17. The highest BCUT2D eigenvalue weighted by molar-refractivity contribution is 9.10. The fraction of sp³-hybridized carbons (Fsp3) is 0.333. The van der Waals surface area contributed by atoms with Crippen LogP contribution in [0.3, 0.4) is 0 Å². The van der Waals surface area contributed by atoms with E-state index in [0.29, 0.717) is 5.75 Å². The third-order valence-corrected chi connectivity index (χ3v) is 1.99. The lowest BCUT2D eigenvalue weighted by molar-refractivity contribution is -0.147. The predicted molar refractivity (Wildman–Crippen MR) is 55.9 cm³/mol. The van der Waals surface area contributed by atoms with Gasteiger partial charge >= 0.3 is 5.97 Å². The van der Waals surface area contributed by atoms with E-state index >= 15 is 0 Å². The summed E-state index contributed by atoms with van der Waals surface area (Å²) in [5.41, 5.74) is 0. The van der Waals surface area contributed by atoms with E-state index in [1.54, 1.807) is 12.3 Å². The molecule has 1 unspecified atom stereocenters. The first-order valence-corrected chi connectivity index (χ1v) is 4.91. The maximum atomic E-state index is 10.7. The van der Waals surface area contributed by atoms with Gasteiger partial charge < -0.3 is 14.6 Å². The van der Waals surface area contributed by atoms with Gasteiger partial charge in [-0.3, -0.25) is 4.98 Å². The van der Waals surface area contributed by atoms with Gasteiger partial charge in [0.25, 0.3) is 0 Å². The summed E-state index contributed by atoms with van der Waals surface area (Å²) in [5, 5.41) is 8.80. The zero-order chi connectivity index (χ0) is 11.3. The lowest BCUT2D eigenvalue weighted by atomic mass is 10.3. The molecule has 0 spiro atoms. The molecule has 1 N–H and O–H groups in total. The predicted octanol–water partition coefficient (Wildman–Crippen LogP) is 1.32. The van der Waals surface area contributed by atoms with Crippen molar-refractivity contribution in [3.63, 3.8) is 0 Å². The van der Waals surface area contributed by atoms with Crippen molar-refractivity contribution in [3.05, 3.63) is 22.9 Å². The Balaban J connectivity index is 2.69. The molecular formula is C9H10BrNO4. The van der Waals surface area contributed by atoms with Crippen molar-refractivity contribution in [2.75, 3.05) is 13.7 Å². The second-order valence-electron chi connectivity index (χ2n) is 2.74. The van der Waals surface area contributed by atoms with Gasteiger partial charge in [0.05, 0.1) is 12.8 Å². The van der Waals surface area contributed by atoms with Crippen LogP contribution in [0.1, 0.15) is 0 Å². The number of aliphatic carboxylic acids is 1. The molecule has 0 saturated carbocycles. The molecule has 1 aromatic rings. The monoisotopic (exact) mass is 275 g/mol. The number of nitrogens with zero attached hydrogens (tertiary/aromatic N) is 1. The molecule has 0 aliphatic rings.